The van der Waals surface area contributed by atoms with Gasteiger partial charge in [-0.1, -0.05) is 35.4 Å². The van der Waals surface area contributed by atoms with E-state index in [1.807, 2.05) is 24.3 Å². The van der Waals surface area contributed by atoms with Crippen LogP contribution in [0.5, 0.6) is 11.5 Å². The lowest BCUT2D eigenvalue weighted by Crippen LogP contribution is -2.31. The van der Waals surface area contributed by atoms with Gasteiger partial charge in [0, 0.05) is 12.1 Å². The standard InChI is InChI=1S/C26H28ClN9O4/c1-38-21-10-9-17(13-18(21)16-39-22-8-4-3-7-19(22)27)14-29-31-26(37)23-20(15-35-11-5-2-6-12-35)30-34-36(23)25-24(28)32-40-33-25/h3-4,7-10,13-14H,2,5-6,11-12,15-16H2,1H3,(H2,28,32)(H,31,37)/b29-14-. The fourth-order valence-electron chi connectivity index (χ4n) is 4.39. The summed E-state index contributed by atoms with van der Waals surface area (Å²) in [5, 5.41) is 20.4. The van der Waals surface area contributed by atoms with Crippen molar-refractivity contribution in [1.29, 1.82) is 0 Å². The van der Waals surface area contributed by atoms with Crippen molar-refractivity contribution in [1.82, 2.24) is 35.6 Å². The monoisotopic (exact) mass is 565 g/mol. The number of nitrogens with one attached hydrogen (secondary N) is 1. The molecule has 0 saturated carbocycles. The molecular formula is C26H28ClN9O4. The maximum atomic E-state index is 13.3. The molecule has 0 aliphatic carbocycles. The molecule has 0 atom stereocenters. The van der Waals surface area contributed by atoms with E-state index in [0.29, 0.717) is 34.3 Å². The Hall–Kier alpha value is -4.49. The van der Waals surface area contributed by atoms with Gasteiger partial charge in [-0.05, 0) is 72.1 Å². The van der Waals surface area contributed by atoms with Crippen LogP contribution in [0.4, 0.5) is 5.82 Å². The number of methoxy groups -OCH3 is 1. The molecule has 14 heteroatoms. The van der Waals surface area contributed by atoms with Gasteiger partial charge >= 0.3 is 0 Å². The second kappa shape index (κ2) is 12.6. The number of hydrogen-bond donors (Lipinski definition) is 2. The number of amides is 1. The van der Waals surface area contributed by atoms with E-state index in [4.69, 9.17) is 31.4 Å². The van der Waals surface area contributed by atoms with E-state index in [1.165, 1.54) is 17.3 Å². The molecule has 1 saturated heterocycles. The van der Waals surface area contributed by atoms with Crippen molar-refractivity contribution in [3.63, 3.8) is 0 Å². The first-order valence-corrected chi connectivity index (χ1v) is 13.0. The van der Waals surface area contributed by atoms with E-state index < -0.39 is 5.91 Å². The van der Waals surface area contributed by atoms with Crippen molar-refractivity contribution in [2.45, 2.75) is 32.4 Å². The Morgan fingerprint density at radius 1 is 1.18 bits per heavy atom. The predicted octanol–water partition coefficient (Wildman–Crippen LogP) is 3.22. The summed E-state index contributed by atoms with van der Waals surface area (Å²) in [7, 11) is 1.58. The van der Waals surface area contributed by atoms with Gasteiger partial charge in [-0.15, -0.1) is 5.10 Å². The van der Waals surface area contributed by atoms with E-state index in [1.54, 1.807) is 25.3 Å². The van der Waals surface area contributed by atoms with Crippen LogP contribution >= 0.6 is 11.6 Å². The molecule has 2 aromatic heterocycles. The molecule has 0 radical (unpaired) electrons. The number of para-hydroxylation sites is 1. The number of halogens is 1. The van der Waals surface area contributed by atoms with Crippen LogP contribution in [-0.2, 0) is 13.2 Å². The number of carbonyl (C=O) groups excluding carboxylic acids is 1. The Kier molecular flexibility index (Phi) is 8.52. The van der Waals surface area contributed by atoms with Crippen molar-refractivity contribution in [2.75, 3.05) is 25.9 Å². The Morgan fingerprint density at radius 2 is 2.00 bits per heavy atom. The van der Waals surface area contributed by atoms with Crippen LogP contribution in [0.1, 0.15) is 46.6 Å². The maximum Gasteiger partial charge on any atom is 0.292 e. The number of aromatic nitrogens is 5. The van der Waals surface area contributed by atoms with Crippen LogP contribution in [0.2, 0.25) is 5.02 Å². The third-order valence-electron chi connectivity index (χ3n) is 6.38. The number of benzene rings is 2. The molecular weight excluding hydrogens is 538 g/mol. The molecule has 2 aromatic carbocycles. The highest BCUT2D eigenvalue weighted by molar-refractivity contribution is 6.32. The van der Waals surface area contributed by atoms with Gasteiger partial charge in [0.1, 0.15) is 23.8 Å². The first-order chi connectivity index (χ1) is 19.5. The molecule has 208 valence electrons. The minimum absolute atomic E-state index is 0.0169. The molecule has 1 fully saturated rings. The van der Waals surface area contributed by atoms with Crippen molar-refractivity contribution >= 4 is 29.5 Å². The number of nitrogen functional groups attached to an aromatic ring is 1. The predicted molar refractivity (Wildman–Crippen MR) is 147 cm³/mol. The number of hydrazone groups is 1. The summed E-state index contributed by atoms with van der Waals surface area (Å²) in [5.74, 6) is 0.725. The lowest BCUT2D eigenvalue weighted by atomic mass is 10.1. The minimum atomic E-state index is -0.536. The fraction of sp³-hybridized carbons (Fsp3) is 0.308. The normalized spacial score (nSPS) is 13.9. The molecule has 1 amide bonds. The average Bonchev–Trinajstić information content (AvgIpc) is 3.58. The average molecular weight is 566 g/mol. The summed E-state index contributed by atoms with van der Waals surface area (Å²) >= 11 is 6.20. The van der Waals surface area contributed by atoms with Crippen LogP contribution in [0.15, 0.2) is 52.2 Å². The molecule has 3 N–H and O–H groups in total. The van der Waals surface area contributed by atoms with Gasteiger partial charge in [0.15, 0.2) is 5.69 Å². The first kappa shape index (κ1) is 27.1. The minimum Gasteiger partial charge on any atom is -0.496 e. The van der Waals surface area contributed by atoms with Gasteiger partial charge in [0.05, 0.1) is 18.3 Å². The van der Waals surface area contributed by atoms with Crippen molar-refractivity contribution in [3.8, 4) is 17.3 Å². The largest absolute Gasteiger partial charge is 0.496 e. The van der Waals surface area contributed by atoms with E-state index in [9.17, 15) is 4.79 Å². The topological polar surface area (TPSA) is 159 Å². The zero-order valence-electron chi connectivity index (χ0n) is 21.8. The molecule has 40 heavy (non-hydrogen) atoms. The quantitative estimate of drug-likeness (QED) is 0.216. The summed E-state index contributed by atoms with van der Waals surface area (Å²) < 4.78 is 17.3. The number of rotatable bonds is 10. The second-order valence-corrected chi connectivity index (χ2v) is 9.50. The van der Waals surface area contributed by atoms with Gasteiger partial charge in [0.25, 0.3) is 5.91 Å². The Bertz CT molecular complexity index is 1500. The SMILES string of the molecule is COc1ccc(/C=N\NC(=O)c2c(CN3CCCCC3)nnn2-c2nonc2N)cc1COc1ccccc1Cl. The molecule has 1 aliphatic rings. The maximum absolute atomic E-state index is 13.3. The first-order valence-electron chi connectivity index (χ1n) is 12.7. The zero-order valence-corrected chi connectivity index (χ0v) is 22.5. The smallest absolute Gasteiger partial charge is 0.292 e. The molecule has 5 rings (SSSR count). The summed E-state index contributed by atoms with van der Waals surface area (Å²) in [6.45, 7) is 2.50. The van der Waals surface area contributed by atoms with Gasteiger partial charge in [0.2, 0.25) is 11.6 Å². The van der Waals surface area contributed by atoms with Gasteiger partial charge in [-0.2, -0.15) is 9.78 Å². The van der Waals surface area contributed by atoms with E-state index in [2.05, 4.69) is 36.1 Å². The number of nitrogens with two attached hydrogens (primary N) is 1. The van der Waals surface area contributed by atoms with Crippen LogP contribution in [0.3, 0.4) is 0 Å². The fourth-order valence-corrected chi connectivity index (χ4v) is 4.58. The molecule has 0 spiro atoms. The van der Waals surface area contributed by atoms with Crippen LogP contribution in [-0.4, -0.2) is 62.5 Å². The van der Waals surface area contributed by atoms with Gasteiger partial charge in [-0.25, -0.2) is 10.1 Å². The van der Waals surface area contributed by atoms with Crippen molar-refractivity contribution in [3.05, 3.63) is 70.0 Å². The van der Waals surface area contributed by atoms with E-state index in [0.717, 1.165) is 31.5 Å². The Morgan fingerprint density at radius 3 is 2.75 bits per heavy atom. The molecule has 13 nitrogen and oxygen atoms in total. The number of hydrogen-bond acceptors (Lipinski definition) is 11. The summed E-state index contributed by atoms with van der Waals surface area (Å²) in [6.07, 6.45) is 4.88. The highest BCUT2D eigenvalue weighted by atomic mass is 35.5. The Balaban J connectivity index is 1.33. The van der Waals surface area contributed by atoms with Gasteiger partial charge in [-0.3, -0.25) is 9.69 Å². The van der Waals surface area contributed by atoms with Crippen LogP contribution in [0, 0.1) is 0 Å². The van der Waals surface area contributed by atoms with Gasteiger partial charge < -0.3 is 15.2 Å². The lowest BCUT2D eigenvalue weighted by molar-refractivity contribution is 0.0944. The number of piperidine rings is 1. The lowest BCUT2D eigenvalue weighted by Gasteiger charge is -2.25. The highest BCUT2D eigenvalue weighted by Crippen LogP contribution is 2.27. The second-order valence-electron chi connectivity index (χ2n) is 9.10. The Labute approximate surface area is 234 Å². The van der Waals surface area contributed by atoms with Crippen molar-refractivity contribution in [2.24, 2.45) is 5.10 Å². The highest BCUT2D eigenvalue weighted by Gasteiger charge is 2.26. The number of likely N-dealkylation sites (tertiary alicyclic amines) is 1. The molecule has 1 aliphatic heterocycles. The third-order valence-corrected chi connectivity index (χ3v) is 6.69. The van der Waals surface area contributed by atoms with E-state index in [-0.39, 0.29) is 23.9 Å². The number of nitrogens with zero attached hydrogens (tertiary/aromatic N) is 7. The number of ether oxygens (including phenoxy) is 2. The molecule has 0 unspecified atom stereocenters. The third kappa shape index (κ3) is 6.21. The molecule has 0 bridgehead atoms. The van der Waals surface area contributed by atoms with Crippen molar-refractivity contribution < 1.29 is 18.9 Å². The molecule has 4 aromatic rings. The van der Waals surface area contributed by atoms with Crippen LogP contribution in [0.25, 0.3) is 5.82 Å². The number of carbonyl (C=O) groups is 1. The van der Waals surface area contributed by atoms with E-state index >= 15 is 0 Å². The summed E-state index contributed by atoms with van der Waals surface area (Å²) in [6, 6.07) is 12.7. The van der Waals surface area contributed by atoms with Crippen LogP contribution < -0.4 is 20.6 Å². The summed E-state index contributed by atoms with van der Waals surface area (Å²) in [5.41, 5.74) is 10.5. The number of anilines is 1. The molecule has 3 heterocycles. The summed E-state index contributed by atoms with van der Waals surface area (Å²) in [4.78, 5) is 15.6. The zero-order chi connectivity index (χ0) is 27.9.